The van der Waals surface area contributed by atoms with E-state index in [0.717, 1.165) is 29.3 Å². The Hall–Kier alpha value is -3.29. The van der Waals surface area contributed by atoms with E-state index >= 15 is 0 Å². The van der Waals surface area contributed by atoms with Gasteiger partial charge in [-0.25, -0.2) is 0 Å². The molecule has 1 amide bonds. The summed E-state index contributed by atoms with van der Waals surface area (Å²) in [5.74, 6) is -0.660. The molecule has 0 aromatic heterocycles. The summed E-state index contributed by atoms with van der Waals surface area (Å²) in [5, 5.41) is 24.3. The molecule has 0 heterocycles. The molecular weight excluding hydrogens is 302 g/mol. The second-order valence-corrected chi connectivity index (χ2v) is 4.88. The number of nitrogens with one attached hydrogen (secondary N) is 1. The fourth-order valence-corrected chi connectivity index (χ4v) is 1.96. The number of aryl methyl sites for hydroxylation is 1. The second kappa shape index (κ2) is 6.65. The summed E-state index contributed by atoms with van der Waals surface area (Å²) < 4.78 is 0. The molecule has 0 spiro atoms. The zero-order chi connectivity index (χ0) is 17.0. The molecule has 0 bridgehead atoms. The van der Waals surface area contributed by atoms with Gasteiger partial charge < -0.3 is 5.32 Å². The average molecular weight is 315 g/mol. The van der Waals surface area contributed by atoms with E-state index in [1.807, 2.05) is 31.2 Å². The number of hydrogen-bond donors (Lipinski definition) is 1. The van der Waals surface area contributed by atoms with Crippen molar-refractivity contribution in [2.45, 2.75) is 13.5 Å². The number of nitro groups is 2. The quantitative estimate of drug-likeness (QED) is 0.672. The summed E-state index contributed by atoms with van der Waals surface area (Å²) in [6.07, 6.45) is 0. The van der Waals surface area contributed by atoms with Gasteiger partial charge in [0.2, 0.25) is 0 Å². The molecule has 0 saturated heterocycles. The van der Waals surface area contributed by atoms with E-state index in [2.05, 4.69) is 5.32 Å². The molecule has 2 aromatic rings. The largest absolute Gasteiger partial charge is 0.348 e. The van der Waals surface area contributed by atoms with Crippen LogP contribution in [0.15, 0.2) is 42.5 Å². The van der Waals surface area contributed by atoms with Crippen molar-refractivity contribution < 1.29 is 14.6 Å². The van der Waals surface area contributed by atoms with Crippen LogP contribution in [0.4, 0.5) is 11.4 Å². The first-order valence-electron chi connectivity index (χ1n) is 6.65. The lowest BCUT2D eigenvalue weighted by atomic mass is 10.1. The van der Waals surface area contributed by atoms with Crippen LogP contribution in [-0.2, 0) is 6.54 Å². The first-order valence-corrected chi connectivity index (χ1v) is 6.65. The standard InChI is InChI=1S/C15H13N3O5/c1-10-2-4-11(5-3-10)9-16-15(19)13-7-6-12(17(20)21)8-14(13)18(22)23/h2-8H,9H2,1H3,(H,16,19). The Kier molecular flexibility index (Phi) is 4.65. The van der Waals surface area contributed by atoms with Crippen molar-refractivity contribution in [1.29, 1.82) is 0 Å². The van der Waals surface area contributed by atoms with Gasteiger partial charge >= 0.3 is 0 Å². The number of carbonyl (C=O) groups is 1. The predicted molar refractivity (Wildman–Crippen MR) is 82.1 cm³/mol. The number of nitrogens with zero attached hydrogens (tertiary/aromatic N) is 2. The lowest BCUT2D eigenvalue weighted by Crippen LogP contribution is -2.23. The minimum atomic E-state index is -0.812. The average Bonchev–Trinajstić information content (AvgIpc) is 2.53. The molecule has 8 nitrogen and oxygen atoms in total. The summed E-state index contributed by atoms with van der Waals surface area (Å²) >= 11 is 0. The van der Waals surface area contributed by atoms with Crippen LogP contribution in [0.1, 0.15) is 21.5 Å². The van der Waals surface area contributed by atoms with E-state index in [0.29, 0.717) is 0 Å². The van der Waals surface area contributed by atoms with Crippen LogP contribution in [0.5, 0.6) is 0 Å². The zero-order valence-corrected chi connectivity index (χ0v) is 12.2. The summed E-state index contributed by atoms with van der Waals surface area (Å²) in [6, 6.07) is 10.4. The summed E-state index contributed by atoms with van der Waals surface area (Å²) in [5.41, 5.74) is 0.666. The first-order chi connectivity index (χ1) is 10.9. The van der Waals surface area contributed by atoms with Crippen molar-refractivity contribution in [3.8, 4) is 0 Å². The van der Waals surface area contributed by atoms with Crippen LogP contribution in [0.25, 0.3) is 0 Å². The molecule has 2 rings (SSSR count). The first kappa shape index (κ1) is 16.1. The van der Waals surface area contributed by atoms with E-state index in [1.165, 1.54) is 0 Å². The number of hydrogen-bond acceptors (Lipinski definition) is 5. The third-order valence-electron chi connectivity index (χ3n) is 3.21. The maximum Gasteiger partial charge on any atom is 0.289 e. The highest BCUT2D eigenvalue weighted by Gasteiger charge is 2.23. The van der Waals surface area contributed by atoms with Gasteiger partial charge in [0.25, 0.3) is 17.3 Å². The maximum atomic E-state index is 12.1. The molecule has 0 atom stereocenters. The smallest absolute Gasteiger partial charge is 0.289 e. The van der Waals surface area contributed by atoms with Gasteiger partial charge in [0.1, 0.15) is 5.56 Å². The van der Waals surface area contributed by atoms with Gasteiger partial charge in [-0.05, 0) is 18.6 Å². The van der Waals surface area contributed by atoms with E-state index in [-0.39, 0.29) is 12.1 Å². The highest BCUT2D eigenvalue weighted by Crippen LogP contribution is 2.24. The van der Waals surface area contributed by atoms with Gasteiger partial charge in [0, 0.05) is 12.6 Å². The second-order valence-electron chi connectivity index (χ2n) is 4.88. The minimum absolute atomic E-state index is 0.202. The maximum absolute atomic E-state index is 12.1. The number of nitro benzene ring substituents is 2. The Morgan fingerprint density at radius 1 is 1.04 bits per heavy atom. The third-order valence-corrected chi connectivity index (χ3v) is 3.21. The summed E-state index contributed by atoms with van der Waals surface area (Å²) in [7, 11) is 0. The van der Waals surface area contributed by atoms with Crippen LogP contribution in [0, 0.1) is 27.2 Å². The Morgan fingerprint density at radius 2 is 1.70 bits per heavy atom. The Balaban J connectivity index is 2.19. The summed E-state index contributed by atoms with van der Waals surface area (Å²) in [6.45, 7) is 2.13. The fraction of sp³-hybridized carbons (Fsp3) is 0.133. The molecule has 0 fully saturated rings. The van der Waals surface area contributed by atoms with Crippen molar-refractivity contribution in [2.75, 3.05) is 0 Å². The van der Waals surface area contributed by atoms with E-state index in [1.54, 1.807) is 0 Å². The molecule has 0 radical (unpaired) electrons. The van der Waals surface area contributed by atoms with Crippen LogP contribution in [-0.4, -0.2) is 15.8 Å². The number of carbonyl (C=O) groups excluding carboxylic acids is 1. The van der Waals surface area contributed by atoms with Crippen molar-refractivity contribution >= 4 is 17.3 Å². The van der Waals surface area contributed by atoms with Gasteiger partial charge in [-0.15, -0.1) is 0 Å². The fourth-order valence-electron chi connectivity index (χ4n) is 1.96. The van der Waals surface area contributed by atoms with Crippen LogP contribution < -0.4 is 5.32 Å². The highest BCUT2D eigenvalue weighted by atomic mass is 16.6. The van der Waals surface area contributed by atoms with Crippen molar-refractivity contribution in [3.63, 3.8) is 0 Å². The van der Waals surface area contributed by atoms with Crippen LogP contribution in [0.3, 0.4) is 0 Å². The molecule has 0 unspecified atom stereocenters. The molecule has 1 N–H and O–H groups in total. The number of rotatable bonds is 5. The van der Waals surface area contributed by atoms with E-state index in [4.69, 9.17) is 0 Å². The van der Waals surface area contributed by atoms with Crippen molar-refractivity contribution in [1.82, 2.24) is 5.32 Å². The Bertz CT molecular complexity index is 771. The van der Waals surface area contributed by atoms with Crippen molar-refractivity contribution in [2.24, 2.45) is 0 Å². The SMILES string of the molecule is Cc1ccc(CNC(=O)c2ccc([N+](=O)[O-])cc2[N+](=O)[O-])cc1. The molecule has 0 saturated carbocycles. The topological polar surface area (TPSA) is 115 Å². The number of non-ortho nitro benzene ring substituents is 1. The molecular formula is C15H13N3O5. The van der Waals surface area contributed by atoms with Gasteiger partial charge in [0.05, 0.1) is 15.9 Å². The number of benzene rings is 2. The van der Waals surface area contributed by atoms with Gasteiger partial charge in [-0.2, -0.15) is 0 Å². The highest BCUT2D eigenvalue weighted by molar-refractivity contribution is 5.98. The third kappa shape index (κ3) is 3.88. The normalized spacial score (nSPS) is 10.1. The molecule has 23 heavy (non-hydrogen) atoms. The Labute approximate surface area is 131 Å². The van der Waals surface area contributed by atoms with E-state index < -0.39 is 27.1 Å². The lowest BCUT2D eigenvalue weighted by molar-refractivity contribution is -0.394. The van der Waals surface area contributed by atoms with Gasteiger partial charge in [-0.1, -0.05) is 29.8 Å². The number of amides is 1. The molecule has 118 valence electrons. The Morgan fingerprint density at radius 3 is 2.26 bits per heavy atom. The molecule has 2 aromatic carbocycles. The van der Waals surface area contributed by atoms with Crippen LogP contribution >= 0.6 is 0 Å². The monoisotopic (exact) mass is 315 g/mol. The lowest BCUT2D eigenvalue weighted by Gasteiger charge is -2.06. The van der Waals surface area contributed by atoms with Crippen LogP contribution in [0.2, 0.25) is 0 Å². The predicted octanol–water partition coefficient (Wildman–Crippen LogP) is 2.74. The molecule has 0 aliphatic rings. The van der Waals surface area contributed by atoms with Gasteiger partial charge in [0.15, 0.2) is 0 Å². The van der Waals surface area contributed by atoms with Crippen molar-refractivity contribution in [3.05, 3.63) is 79.4 Å². The van der Waals surface area contributed by atoms with Gasteiger partial charge in [-0.3, -0.25) is 25.0 Å². The molecule has 8 heteroatoms. The molecule has 0 aliphatic heterocycles. The van der Waals surface area contributed by atoms with E-state index in [9.17, 15) is 25.0 Å². The summed E-state index contributed by atoms with van der Waals surface area (Å²) in [4.78, 5) is 32.2. The molecule has 0 aliphatic carbocycles. The zero-order valence-electron chi connectivity index (χ0n) is 12.2. The minimum Gasteiger partial charge on any atom is -0.348 e.